The van der Waals surface area contributed by atoms with E-state index in [1.54, 1.807) is 13.0 Å². The van der Waals surface area contributed by atoms with Crippen molar-refractivity contribution < 1.29 is 13.2 Å². The van der Waals surface area contributed by atoms with Crippen LogP contribution in [0.25, 0.3) is 0 Å². The molecule has 0 fully saturated rings. The Bertz CT molecular complexity index is 572. The Kier molecular flexibility index (Phi) is 5.19. The van der Waals surface area contributed by atoms with Gasteiger partial charge in [0.1, 0.15) is 0 Å². The smallest absolute Gasteiger partial charge is 0.261 e. The Labute approximate surface area is 119 Å². The molecule has 0 atom stereocenters. The SMILES string of the molecule is CCCNC(=O)c1cc(Br)c(C)c(S(=O)(=O)Cl)c1. The molecule has 0 saturated heterocycles. The molecule has 1 N–H and O–H groups in total. The fraction of sp³-hybridized carbons (Fsp3) is 0.364. The number of nitrogens with one attached hydrogen (secondary N) is 1. The Morgan fingerprint density at radius 3 is 2.56 bits per heavy atom. The average Bonchev–Trinajstić information content (AvgIpc) is 2.27. The van der Waals surface area contributed by atoms with E-state index in [0.717, 1.165) is 6.42 Å². The molecule has 0 heterocycles. The third kappa shape index (κ3) is 3.70. The zero-order chi connectivity index (χ0) is 13.9. The van der Waals surface area contributed by atoms with Gasteiger partial charge in [0, 0.05) is 27.3 Å². The zero-order valence-corrected chi connectivity index (χ0v) is 13.1. The first-order chi connectivity index (χ1) is 8.27. The van der Waals surface area contributed by atoms with Gasteiger partial charge in [0.25, 0.3) is 15.0 Å². The second kappa shape index (κ2) is 6.04. The molecule has 18 heavy (non-hydrogen) atoms. The van der Waals surface area contributed by atoms with Crippen molar-refractivity contribution >= 4 is 41.6 Å². The van der Waals surface area contributed by atoms with Crippen molar-refractivity contribution in [2.75, 3.05) is 6.54 Å². The Balaban J connectivity index is 3.25. The number of carbonyl (C=O) groups excluding carboxylic acids is 1. The Hall–Kier alpha value is -0.590. The maximum absolute atomic E-state index is 11.8. The van der Waals surface area contributed by atoms with Crippen molar-refractivity contribution in [3.05, 3.63) is 27.7 Å². The maximum atomic E-state index is 11.8. The first kappa shape index (κ1) is 15.5. The van der Waals surface area contributed by atoms with Gasteiger partial charge in [0.2, 0.25) is 0 Å². The number of hydrogen-bond acceptors (Lipinski definition) is 3. The van der Waals surface area contributed by atoms with E-state index in [4.69, 9.17) is 10.7 Å². The fourth-order valence-corrected chi connectivity index (χ4v) is 3.19. The molecule has 4 nitrogen and oxygen atoms in total. The predicted octanol–water partition coefficient (Wildman–Crippen LogP) is 2.82. The van der Waals surface area contributed by atoms with E-state index in [1.807, 2.05) is 6.92 Å². The molecule has 1 rings (SSSR count). The van der Waals surface area contributed by atoms with Crippen molar-refractivity contribution in [3.8, 4) is 0 Å². The standard InChI is InChI=1S/C11H13BrClNO3S/c1-3-4-14-11(15)8-5-9(12)7(2)10(6-8)18(13,16)17/h5-6H,3-4H2,1-2H3,(H,14,15). The molecule has 1 aromatic carbocycles. The highest BCUT2D eigenvalue weighted by Gasteiger charge is 2.19. The van der Waals surface area contributed by atoms with Gasteiger partial charge in [-0.15, -0.1) is 0 Å². The van der Waals surface area contributed by atoms with Gasteiger partial charge in [-0.3, -0.25) is 4.79 Å². The topological polar surface area (TPSA) is 63.2 Å². The van der Waals surface area contributed by atoms with Crippen LogP contribution in [0.2, 0.25) is 0 Å². The second-order valence-corrected chi connectivity index (χ2v) is 7.16. The molecule has 0 aliphatic heterocycles. The van der Waals surface area contributed by atoms with Crippen LogP contribution in [0.3, 0.4) is 0 Å². The Morgan fingerprint density at radius 2 is 2.06 bits per heavy atom. The van der Waals surface area contributed by atoms with E-state index < -0.39 is 9.05 Å². The van der Waals surface area contributed by atoms with Crippen LogP contribution in [-0.2, 0) is 9.05 Å². The minimum absolute atomic E-state index is 0.0554. The van der Waals surface area contributed by atoms with E-state index >= 15 is 0 Å². The first-order valence-corrected chi connectivity index (χ1v) is 8.40. The van der Waals surface area contributed by atoms with Crippen LogP contribution in [0.1, 0.15) is 29.3 Å². The molecule has 1 amide bonds. The van der Waals surface area contributed by atoms with E-state index in [2.05, 4.69) is 21.2 Å². The summed E-state index contributed by atoms with van der Waals surface area (Å²) in [6.45, 7) is 4.08. The zero-order valence-electron chi connectivity index (χ0n) is 9.96. The van der Waals surface area contributed by atoms with Crippen LogP contribution in [0.15, 0.2) is 21.5 Å². The molecule has 1 aromatic rings. The van der Waals surface area contributed by atoms with Crippen LogP contribution in [0, 0.1) is 6.92 Å². The number of amides is 1. The first-order valence-electron chi connectivity index (χ1n) is 5.30. The molecule has 0 aliphatic rings. The number of halogens is 2. The van der Waals surface area contributed by atoms with Gasteiger partial charge in [-0.2, -0.15) is 0 Å². The largest absolute Gasteiger partial charge is 0.352 e. The number of rotatable bonds is 4. The van der Waals surface area contributed by atoms with Crippen LogP contribution in [0.5, 0.6) is 0 Å². The summed E-state index contributed by atoms with van der Waals surface area (Å²) in [4.78, 5) is 11.7. The summed E-state index contributed by atoms with van der Waals surface area (Å²) in [7, 11) is 1.47. The molecule has 0 spiro atoms. The van der Waals surface area contributed by atoms with Crippen LogP contribution in [0.4, 0.5) is 0 Å². The highest BCUT2D eigenvalue weighted by Crippen LogP contribution is 2.28. The number of carbonyl (C=O) groups is 1. The quantitative estimate of drug-likeness (QED) is 0.846. The molecular weight excluding hydrogens is 342 g/mol. The predicted molar refractivity (Wildman–Crippen MR) is 74.5 cm³/mol. The van der Waals surface area contributed by atoms with Gasteiger partial charge < -0.3 is 5.32 Å². The van der Waals surface area contributed by atoms with Crippen molar-refractivity contribution in [3.63, 3.8) is 0 Å². The lowest BCUT2D eigenvalue weighted by Gasteiger charge is -2.09. The minimum Gasteiger partial charge on any atom is -0.352 e. The normalized spacial score (nSPS) is 11.3. The third-order valence-corrected chi connectivity index (χ3v) is 4.63. The summed E-state index contributed by atoms with van der Waals surface area (Å²) < 4.78 is 23.3. The minimum atomic E-state index is -3.87. The highest BCUT2D eigenvalue weighted by atomic mass is 79.9. The van der Waals surface area contributed by atoms with E-state index in [0.29, 0.717) is 16.6 Å². The number of hydrogen-bond donors (Lipinski definition) is 1. The van der Waals surface area contributed by atoms with Crippen LogP contribution < -0.4 is 5.32 Å². The Morgan fingerprint density at radius 1 is 1.44 bits per heavy atom. The lowest BCUT2D eigenvalue weighted by molar-refractivity contribution is 0.0953. The molecule has 0 unspecified atom stereocenters. The molecule has 100 valence electrons. The summed E-state index contributed by atoms with van der Waals surface area (Å²) in [6, 6.07) is 2.86. The van der Waals surface area contributed by atoms with Gasteiger partial charge in [-0.05, 0) is 31.0 Å². The summed E-state index contributed by atoms with van der Waals surface area (Å²) in [5.41, 5.74) is 0.747. The molecule has 0 aliphatic carbocycles. The van der Waals surface area contributed by atoms with Crippen molar-refractivity contribution in [1.29, 1.82) is 0 Å². The molecule has 0 saturated carbocycles. The van der Waals surface area contributed by atoms with Crippen molar-refractivity contribution in [2.45, 2.75) is 25.2 Å². The van der Waals surface area contributed by atoms with Gasteiger partial charge in [0.15, 0.2) is 0 Å². The monoisotopic (exact) mass is 353 g/mol. The molecule has 0 aromatic heterocycles. The second-order valence-electron chi connectivity index (χ2n) is 3.77. The van der Waals surface area contributed by atoms with E-state index in [-0.39, 0.29) is 16.4 Å². The van der Waals surface area contributed by atoms with E-state index in [1.165, 1.54) is 6.07 Å². The van der Waals surface area contributed by atoms with Gasteiger partial charge in [-0.25, -0.2) is 8.42 Å². The summed E-state index contributed by atoms with van der Waals surface area (Å²) >= 11 is 3.22. The van der Waals surface area contributed by atoms with Crippen molar-refractivity contribution in [1.82, 2.24) is 5.32 Å². The molecular formula is C11H13BrClNO3S. The average molecular weight is 355 g/mol. The lowest BCUT2D eigenvalue weighted by Crippen LogP contribution is -2.24. The number of benzene rings is 1. The summed E-state index contributed by atoms with van der Waals surface area (Å²) in [5, 5.41) is 2.68. The van der Waals surface area contributed by atoms with Gasteiger partial charge in [-0.1, -0.05) is 22.9 Å². The van der Waals surface area contributed by atoms with Gasteiger partial charge >= 0.3 is 0 Å². The van der Waals surface area contributed by atoms with Crippen LogP contribution in [-0.4, -0.2) is 20.9 Å². The fourth-order valence-electron chi connectivity index (χ4n) is 1.38. The van der Waals surface area contributed by atoms with Crippen molar-refractivity contribution in [2.24, 2.45) is 0 Å². The molecule has 0 radical (unpaired) electrons. The molecule has 0 bridgehead atoms. The van der Waals surface area contributed by atoms with E-state index in [9.17, 15) is 13.2 Å². The lowest BCUT2D eigenvalue weighted by atomic mass is 10.1. The highest BCUT2D eigenvalue weighted by molar-refractivity contribution is 9.10. The summed E-state index contributed by atoms with van der Waals surface area (Å²) in [6.07, 6.45) is 0.805. The summed E-state index contributed by atoms with van der Waals surface area (Å²) in [5.74, 6) is -0.320. The van der Waals surface area contributed by atoms with Crippen LogP contribution >= 0.6 is 26.6 Å². The van der Waals surface area contributed by atoms with Gasteiger partial charge in [0.05, 0.1) is 4.90 Å². The maximum Gasteiger partial charge on any atom is 0.261 e. The molecule has 7 heteroatoms. The third-order valence-electron chi connectivity index (χ3n) is 2.36.